The third kappa shape index (κ3) is 2.05. The second kappa shape index (κ2) is 3.97. The van der Waals surface area contributed by atoms with E-state index in [2.05, 4.69) is 15.1 Å². The SMILES string of the molecule is Cc1nc(N)sc1SCc1ncno1. The Hall–Kier alpha value is -1.08. The summed E-state index contributed by atoms with van der Waals surface area (Å²) >= 11 is 3.08. The van der Waals surface area contributed by atoms with Crippen LogP contribution in [0.2, 0.25) is 0 Å². The van der Waals surface area contributed by atoms with Gasteiger partial charge in [-0.15, -0.1) is 11.8 Å². The van der Waals surface area contributed by atoms with Gasteiger partial charge in [0.1, 0.15) is 0 Å². The summed E-state index contributed by atoms with van der Waals surface area (Å²) in [4.78, 5) is 8.04. The number of nitrogens with zero attached hydrogens (tertiary/aromatic N) is 3. The lowest BCUT2D eigenvalue weighted by Gasteiger charge is -1.93. The molecule has 0 aliphatic carbocycles. The number of thioether (sulfide) groups is 1. The fourth-order valence-electron chi connectivity index (χ4n) is 0.923. The van der Waals surface area contributed by atoms with Crippen LogP contribution in [0.3, 0.4) is 0 Å². The molecule has 14 heavy (non-hydrogen) atoms. The number of rotatable bonds is 3. The fraction of sp³-hybridized carbons (Fsp3) is 0.286. The molecule has 0 saturated heterocycles. The van der Waals surface area contributed by atoms with Crippen LogP contribution in [0.5, 0.6) is 0 Å². The third-order valence-electron chi connectivity index (χ3n) is 1.50. The van der Waals surface area contributed by atoms with Gasteiger partial charge in [0.05, 0.1) is 15.7 Å². The van der Waals surface area contributed by atoms with Crippen LogP contribution in [0.1, 0.15) is 11.6 Å². The number of anilines is 1. The molecule has 0 atom stereocenters. The number of hydrogen-bond donors (Lipinski definition) is 1. The molecule has 0 amide bonds. The van der Waals surface area contributed by atoms with E-state index in [1.165, 1.54) is 17.7 Å². The monoisotopic (exact) mass is 228 g/mol. The van der Waals surface area contributed by atoms with Crippen molar-refractivity contribution in [3.05, 3.63) is 17.9 Å². The van der Waals surface area contributed by atoms with E-state index < -0.39 is 0 Å². The van der Waals surface area contributed by atoms with Crippen molar-refractivity contribution < 1.29 is 4.52 Å². The predicted molar refractivity (Wildman–Crippen MR) is 55.1 cm³/mol. The first-order valence-electron chi connectivity index (χ1n) is 3.87. The van der Waals surface area contributed by atoms with Crippen molar-refractivity contribution in [1.82, 2.24) is 15.1 Å². The van der Waals surface area contributed by atoms with Crippen LogP contribution in [-0.4, -0.2) is 15.1 Å². The molecule has 0 aliphatic rings. The summed E-state index contributed by atoms with van der Waals surface area (Å²) in [6.45, 7) is 1.93. The lowest BCUT2D eigenvalue weighted by atomic mass is 10.6. The van der Waals surface area contributed by atoms with Gasteiger partial charge >= 0.3 is 0 Å². The van der Waals surface area contributed by atoms with Gasteiger partial charge in [-0.2, -0.15) is 4.98 Å². The van der Waals surface area contributed by atoms with Crippen molar-refractivity contribution in [2.24, 2.45) is 0 Å². The molecule has 74 valence electrons. The highest BCUT2D eigenvalue weighted by Gasteiger charge is 2.07. The molecule has 0 spiro atoms. The molecular formula is C7H8N4OS2. The third-order valence-corrected chi connectivity index (χ3v) is 3.84. The quantitative estimate of drug-likeness (QED) is 0.806. The van der Waals surface area contributed by atoms with Crippen molar-refractivity contribution in [1.29, 1.82) is 0 Å². The Bertz CT molecular complexity index is 411. The minimum atomic E-state index is 0.593. The van der Waals surface area contributed by atoms with Crippen LogP contribution < -0.4 is 5.73 Å². The Kier molecular flexibility index (Phi) is 2.69. The number of aryl methyl sites for hydroxylation is 1. The van der Waals surface area contributed by atoms with E-state index in [4.69, 9.17) is 10.3 Å². The Balaban J connectivity index is 2.01. The Morgan fingerprint density at radius 3 is 3.07 bits per heavy atom. The van der Waals surface area contributed by atoms with E-state index >= 15 is 0 Å². The summed E-state index contributed by atoms with van der Waals surface area (Å²) in [6, 6.07) is 0. The molecular weight excluding hydrogens is 220 g/mol. The van der Waals surface area contributed by atoms with Gasteiger partial charge in [-0.1, -0.05) is 16.5 Å². The molecule has 0 bridgehead atoms. The zero-order valence-electron chi connectivity index (χ0n) is 7.43. The van der Waals surface area contributed by atoms with Gasteiger partial charge in [0, 0.05) is 0 Å². The molecule has 0 unspecified atom stereocenters. The van der Waals surface area contributed by atoms with E-state index in [1.54, 1.807) is 11.8 Å². The standard InChI is InChI=1S/C7H8N4OS2/c1-4-6(14-7(8)11-4)13-2-5-9-3-10-12-5/h3H,2H2,1H3,(H2,8,11). The second-order valence-electron chi connectivity index (χ2n) is 2.55. The van der Waals surface area contributed by atoms with Gasteiger partial charge in [-0.05, 0) is 6.92 Å². The van der Waals surface area contributed by atoms with Crippen LogP contribution in [0.15, 0.2) is 15.1 Å². The van der Waals surface area contributed by atoms with Crippen LogP contribution in [-0.2, 0) is 5.75 Å². The van der Waals surface area contributed by atoms with E-state index in [1.807, 2.05) is 6.92 Å². The van der Waals surface area contributed by atoms with Crippen molar-refractivity contribution >= 4 is 28.2 Å². The molecule has 2 N–H and O–H groups in total. The van der Waals surface area contributed by atoms with Crippen molar-refractivity contribution in [3.8, 4) is 0 Å². The first kappa shape index (κ1) is 9.47. The summed E-state index contributed by atoms with van der Waals surface area (Å²) in [5.41, 5.74) is 6.53. The van der Waals surface area contributed by atoms with E-state index in [9.17, 15) is 0 Å². The molecule has 2 rings (SSSR count). The fourth-order valence-corrected chi connectivity index (χ4v) is 2.79. The molecule has 2 aromatic heterocycles. The number of hydrogen-bond acceptors (Lipinski definition) is 7. The lowest BCUT2D eigenvalue weighted by Crippen LogP contribution is -1.81. The maximum Gasteiger partial charge on any atom is 0.236 e. The summed E-state index contributed by atoms with van der Waals surface area (Å²) in [5.74, 6) is 1.27. The van der Waals surface area contributed by atoms with Gasteiger partial charge in [0.15, 0.2) is 11.5 Å². The predicted octanol–water partition coefficient (Wildman–Crippen LogP) is 1.71. The van der Waals surface area contributed by atoms with Crippen LogP contribution >= 0.6 is 23.1 Å². The molecule has 0 fully saturated rings. The Labute approximate surface area is 88.7 Å². The van der Waals surface area contributed by atoms with E-state index in [0.29, 0.717) is 16.8 Å². The molecule has 2 aromatic rings. The average molecular weight is 228 g/mol. The van der Waals surface area contributed by atoms with Crippen molar-refractivity contribution in [3.63, 3.8) is 0 Å². The minimum absolute atomic E-state index is 0.593. The van der Waals surface area contributed by atoms with E-state index in [-0.39, 0.29) is 0 Å². The van der Waals surface area contributed by atoms with Gasteiger partial charge < -0.3 is 10.3 Å². The number of nitrogens with two attached hydrogens (primary N) is 1. The highest BCUT2D eigenvalue weighted by Crippen LogP contribution is 2.32. The second-order valence-corrected chi connectivity index (χ2v) is 4.82. The van der Waals surface area contributed by atoms with E-state index in [0.717, 1.165) is 9.90 Å². The molecule has 0 aromatic carbocycles. The molecule has 0 radical (unpaired) electrons. The molecule has 5 nitrogen and oxygen atoms in total. The highest BCUT2D eigenvalue weighted by molar-refractivity contribution is 8.00. The smallest absolute Gasteiger partial charge is 0.236 e. The molecule has 0 aliphatic heterocycles. The van der Waals surface area contributed by atoms with Gasteiger partial charge in [-0.3, -0.25) is 0 Å². The minimum Gasteiger partial charge on any atom is -0.375 e. The highest BCUT2D eigenvalue weighted by atomic mass is 32.2. The van der Waals surface area contributed by atoms with Crippen LogP contribution in [0.4, 0.5) is 5.13 Å². The first-order chi connectivity index (χ1) is 6.75. The maximum atomic E-state index is 5.57. The maximum absolute atomic E-state index is 5.57. The molecule has 7 heteroatoms. The number of nitrogen functional groups attached to an aromatic ring is 1. The van der Waals surface area contributed by atoms with Crippen LogP contribution in [0.25, 0.3) is 0 Å². The Morgan fingerprint density at radius 1 is 1.64 bits per heavy atom. The molecule has 0 saturated carbocycles. The summed E-state index contributed by atoms with van der Waals surface area (Å²) in [7, 11) is 0. The lowest BCUT2D eigenvalue weighted by molar-refractivity contribution is 0.390. The largest absolute Gasteiger partial charge is 0.375 e. The molecule has 2 heterocycles. The average Bonchev–Trinajstić information content (AvgIpc) is 2.72. The number of aromatic nitrogens is 3. The Morgan fingerprint density at radius 2 is 2.50 bits per heavy atom. The van der Waals surface area contributed by atoms with Crippen molar-refractivity contribution in [2.45, 2.75) is 16.9 Å². The van der Waals surface area contributed by atoms with Gasteiger partial charge in [0.2, 0.25) is 5.89 Å². The normalized spacial score (nSPS) is 10.6. The van der Waals surface area contributed by atoms with Gasteiger partial charge in [0.25, 0.3) is 0 Å². The summed E-state index contributed by atoms with van der Waals surface area (Å²) in [5, 5.41) is 4.12. The topological polar surface area (TPSA) is 77.8 Å². The first-order valence-corrected chi connectivity index (χ1v) is 5.67. The summed E-state index contributed by atoms with van der Waals surface area (Å²) in [6.07, 6.45) is 1.39. The zero-order chi connectivity index (χ0) is 9.97. The summed E-state index contributed by atoms with van der Waals surface area (Å²) < 4.78 is 5.97. The van der Waals surface area contributed by atoms with Gasteiger partial charge in [-0.25, -0.2) is 4.98 Å². The van der Waals surface area contributed by atoms with Crippen molar-refractivity contribution in [2.75, 3.05) is 5.73 Å². The number of thiazole rings is 1. The zero-order valence-corrected chi connectivity index (χ0v) is 9.06. The van der Waals surface area contributed by atoms with Crippen LogP contribution in [0, 0.1) is 6.92 Å².